The van der Waals surface area contributed by atoms with Crippen LogP contribution in [0.5, 0.6) is 0 Å². The van der Waals surface area contributed by atoms with Crippen LogP contribution in [0.1, 0.15) is 11.3 Å². The first kappa shape index (κ1) is 13.8. The van der Waals surface area contributed by atoms with Crippen LogP contribution in [0.25, 0.3) is 5.57 Å². The van der Waals surface area contributed by atoms with Gasteiger partial charge in [-0.1, -0.05) is 41.9 Å². The molecule has 2 aliphatic rings. The van der Waals surface area contributed by atoms with Crippen LogP contribution in [0.4, 0.5) is 8.63 Å². The highest BCUT2D eigenvalue weighted by Crippen LogP contribution is 2.41. The molecule has 1 aromatic carbocycles. The van der Waals surface area contributed by atoms with Gasteiger partial charge >= 0.3 is 6.97 Å². The summed E-state index contributed by atoms with van der Waals surface area (Å²) in [5.41, 5.74) is 2.31. The van der Waals surface area contributed by atoms with Crippen molar-refractivity contribution in [3.63, 3.8) is 0 Å². The summed E-state index contributed by atoms with van der Waals surface area (Å²) >= 11 is 12.0. The van der Waals surface area contributed by atoms with Crippen LogP contribution in [0, 0.1) is 0 Å². The number of benzene rings is 1. The standard InChI is InChI=1S/C15H9BCl2F2N2/c17-13-8-6-11-15(10-4-2-1-3-5-10)12-7-9-14(18)22(12)16(19,20)21(11)13/h1-9H. The zero-order chi connectivity index (χ0) is 15.5. The molecule has 0 N–H and O–H groups in total. The minimum absolute atomic E-state index is 0.0103. The number of fused-ring (bicyclic) bond motifs is 2. The second kappa shape index (κ2) is 4.57. The predicted octanol–water partition coefficient (Wildman–Crippen LogP) is 4.36. The third-order valence-corrected chi connectivity index (χ3v) is 4.55. The van der Waals surface area contributed by atoms with Crippen LogP contribution in [0.3, 0.4) is 0 Å². The molecule has 2 aromatic rings. The lowest BCUT2D eigenvalue weighted by atomic mass is 9.86. The van der Waals surface area contributed by atoms with Gasteiger partial charge in [-0.05, 0) is 29.3 Å². The largest absolute Gasteiger partial charge is 0.739 e. The molecule has 0 saturated heterocycles. The van der Waals surface area contributed by atoms with Gasteiger partial charge in [-0.15, -0.1) is 0 Å². The fourth-order valence-corrected chi connectivity index (χ4v) is 3.58. The van der Waals surface area contributed by atoms with Crippen molar-refractivity contribution in [2.75, 3.05) is 0 Å². The van der Waals surface area contributed by atoms with Crippen LogP contribution in [0.2, 0.25) is 5.15 Å². The Hall–Kier alpha value is -1.85. The maximum Gasteiger partial charge on any atom is 0.739 e. The summed E-state index contributed by atoms with van der Waals surface area (Å²) in [7, 11) is 0. The molecule has 0 saturated carbocycles. The van der Waals surface area contributed by atoms with Crippen molar-refractivity contribution in [1.82, 2.24) is 4.48 Å². The van der Waals surface area contributed by atoms with Crippen LogP contribution >= 0.6 is 23.2 Å². The Balaban J connectivity index is 2.13. The lowest BCUT2D eigenvalue weighted by molar-refractivity contribution is -0.358. The smallest absolute Gasteiger partial charge is 0.389 e. The minimum Gasteiger partial charge on any atom is -0.389 e. The zero-order valence-electron chi connectivity index (χ0n) is 11.2. The molecule has 0 spiro atoms. The molecule has 3 heterocycles. The van der Waals surface area contributed by atoms with Gasteiger partial charge in [-0.3, -0.25) is 0 Å². The highest BCUT2D eigenvalue weighted by molar-refractivity contribution is 6.71. The van der Waals surface area contributed by atoms with E-state index in [0.29, 0.717) is 17.0 Å². The highest BCUT2D eigenvalue weighted by Gasteiger charge is 2.54. The van der Waals surface area contributed by atoms with Crippen molar-refractivity contribution in [3.8, 4) is 0 Å². The Morgan fingerprint density at radius 3 is 2.41 bits per heavy atom. The first-order chi connectivity index (χ1) is 10.5. The second-order valence-electron chi connectivity index (χ2n) is 5.15. The molecular weight excluding hydrogens is 328 g/mol. The molecule has 0 atom stereocenters. The van der Waals surface area contributed by atoms with Gasteiger partial charge in [0.15, 0.2) is 5.70 Å². The van der Waals surface area contributed by atoms with E-state index in [-0.39, 0.29) is 10.3 Å². The van der Waals surface area contributed by atoms with Crippen molar-refractivity contribution < 1.29 is 13.1 Å². The molecule has 4 rings (SSSR count). The first-order valence-corrected chi connectivity index (χ1v) is 7.46. The van der Waals surface area contributed by atoms with Crippen LogP contribution in [0.15, 0.2) is 60.3 Å². The molecule has 110 valence electrons. The van der Waals surface area contributed by atoms with Crippen molar-refractivity contribution in [3.05, 3.63) is 76.7 Å². The molecule has 0 unspecified atom stereocenters. The topological polar surface area (TPSA) is 7.94 Å². The third kappa shape index (κ3) is 1.69. The predicted molar refractivity (Wildman–Crippen MR) is 85.5 cm³/mol. The average Bonchev–Trinajstić information content (AvgIpc) is 3.06. The van der Waals surface area contributed by atoms with Gasteiger partial charge < -0.3 is 17.6 Å². The number of hydrogen-bond acceptors (Lipinski definition) is 0. The fourth-order valence-electron chi connectivity index (χ4n) is 3.03. The molecule has 0 aliphatic carbocycles. The molecular formula is C15H9BCl2F2N2. The summed E-state index contributed by atoms with van der Waals surface area (Å²) in [6, 6.07) is 12.5. The van der Waals surface area contributed by atoms with E-state index in [0.717, 1.165) is 14.5 Å². The van der Waals surface area contributed by atoms with Gasteiger partial charge in [0.05, 0.1) is 10.7 Å². The number of aromatic nitrogens is 1. The Kier molecular flexibility index (Phi) is 2.87. The summed E-state index contributed by atoms with van der Waals surface area (Å²) in [5.74, 6) is 0. The molecule has 2 nitrogen and oxygen atoms in total. The first-order valence-electron chi connectivity index (χ1n) is 6.71. The molecule has 7 heteroatoms. The molecule has 2 aliphatic heterocycles. The van der Waals surface area contributed by atoms with Crippen molar-refractivity contribution >= 4 is 40.9 Å². The number of nitrogens with zero attached hydrogens (tertiary/aromatic N) is 2. The number of allylic oxidation sites excluding steroid dienone is 2. The number of halogens is 4. The Bertz CT molecular complexity index is 882. The Labute approximate surface area is 135 Å². The third-order valence-electron chi connectivity index (χ3n) is 3.93. The van der Waals surface area contributed by atoms with E-state index in [1.807, 2.05) is 30.3 Å². The van der Waals surface area contributed by atoms with Crippen LogP contribution in [-0.4, -0.2) is 21.1 Å². The molecule has 0 amide bonds. The summed E-state index contributed by atoms with van der Waals surface area (Å²) in [6.07, 6.45) is 3.10. The quantitative estimate of drug-likeness (QED) is 0.684. The van der Waals surface area contributed by atoms with Gasteiger partial charge in [0.25, 0.3) is 0 Å². The summed E-state index contributed by atoms with van der Waals surface area (Å²) in [4.78, 5) is 0. The molecule has 0 bridgehead atoms. The lowest BCUT2D eigenvalue weighted by Gasteiger charge is -2.31. The van der Waals surface area contributed by atoms with E-state index in [1.165, 1.54) is 12.1 Å². The van der Waals surface area contributed by atoms with Crippen molar-refractivity contribution in [2.24, 2.45) is 0 Å². The molecule has 0 radical (unpaired) electrons. The highest BCUT2D eigenvalue weighted by atomic mass is 35.5. The summed E-state index contributed by atoms with van der Waals surface area (Å²) in [5, 5.41) is -0.0207. The van der Waals surface area contributed by atoms with Gasteiger partial charge in [0.1, 0.15) is 0 Å². The Morgan fingerprint density at radius 2 is 1.68 bits per heavy atom. The second-order valence-corrected chi connectivity index (χ2v) is 5.93. The summed E-state index contributed by atoms with van der Waals surface area (Å²) in [6.45, 7) is -4.12. The molecule has 1 aromatic heterocycles. The van der Waals surface area contributed by atoms with E-state index in [1.54, 1.807) is 12.1 Å². The number of rotatable bonds is 1. The van der Waals surface area contributed by atoms with Gasteiger partial charge in [0.2, 0.25) is 5.17 Å². The van der Waals surface area contributed by atoms with Crippen LogP contribution in [-0.2, 0) is 0 Å². The van der Waals surface area contributed by atoms with Crippen molar-refractivity contribution in [2.45, 2.75) is 0 Å². The normalized spacial score (nSPS) is 18.7. The average molecular weight is 337 g/mol. The van der Waals surface area contributed by atoms with E-state index >= 15 is 0 Å². The maximum atomic E-state index is 14.9. The number of hydrogen-bond donors (Lipinski definition) is 0. The lowest BCUT2D eigenvalue weighted by Crippen LogP contribution is -2.50. The molecule has 22 heavy (non-hydrogen) atoms. The SMILES string of the molecule is F[B-]1(F)n2c(Cl)ccc2C(c2ccccc2)=C2C=CC(Cl)=[N+]21. The maximum absolute atomic E-state index is 14.9. The van der Waals surface area contributed by atoms with Crippen molar-refractivity contribution in [1.29, 1.82) is 0 Å². The van der Waals surface area contributed by atoms with E-state index in [9.17, 15) is 8.63 Å². The van der Waals surface area contributed by atoms with E-state index in [2.05, 4.69) is 0 Å². The van der Waals surface area contributed by atoms with Crippen LogP contribution < -0.4 is 0 Å². The van der Waals surface area contributed by atoms with E-state index < -0.39 is 6.97 Å². The summed E-state index contributed by atoms with van der Waals surface area (Å²) < 4.78 is 31.5. The monoisotopic (exact) mass is 336 g/mol. The van der Waals surface area contributed by atoms with Gasteiger partial charge in [-0.25, -0.2) is 0 Å². The van der Waals surface area contributed by atoms with Gasteiger partial charge in [0, 0.05) is 17.8 Å². The minimum atomic E-state index is -4.12. The fraction of sp³-hybridized carbons (Fsp3) is 0. The Morgan fingerprint density at radius 1 is 0.955 bits per heavy atom. The molecule has 0 fully saturated rings. The van der Waals surface area contributed by atoms with Gasteiger partial charge in [-0.2, -0.15) is 0 Å². The van der Waals surface area contributed by atoms with E-state index in [4.69, 9.17) is 23.2 Å². The zero-order valence-corrected chi connectivity index (χ0v) is 12.7.